The molecule has 5 aromatic carbocycles. The van der Waals surface area contributed by atoms with Crippen molar-refractivity contribution in [2.24, 2.45) is 0 Å². The second-order valence-corrected chi connectivity index (χ2v) is 12.0. The Labute approximate surface area is 280 Å². The van der Waals surface area contributed by atoms with Gasteiger partial charge in [-0.3, -0.25) is 9.55 Å². The van der Waals surface area contributed by atoms with E-state index in [2.05, 4.69) is 127 Å². The number of benzene rings is 5. The molecule has 5 heterocycles. The molecule has 0 N–H and O–H groups in total. The molecule has 0 unspecified atom stereocenters. The molecule has 7 nitrogen and oxygen atoms in total. The fourth-order valence-electron chi connectivity index (χ4n) is 6.99. The SMILES string of the molecule is c1ccc(-n2c3ccccc3c3ccc(-c4nnc(-c5ccc6c7ccccc7n(-c7cccc(-c8cccnc8)n7)c6c5)o4)cc32)cc1. The summed E-state index contributed by atoms with van der Waals surface area (Å²) >= 11 is 0. The molecule has 0 spiro atoms. The van der Waals surface area contributed by atoms with Crippen LogP contribution in [0.1, 0.15) is 0 Å². The lowest BCUT2D eigenvalue weighted by Crippen LogP contribution is -1.98. The first-order chi connectivity index (χ1) is 24.3. The molecule has 0 aliphatic rings. The molecule has 230 valence electrons. The molecule has 0 amide bonds. The van der Waals surface area contributed by atoms with Gasteiger partial charge in [-0.25, -0.2) is 4.98 Å². The number of hydrogen-bond acceptors (Lipinski definition) is 5. The van der Waals surface area contributed by atoms with Crippen molar-refractivity contribution in [2.75, 3.05) is 0 Å². The van der Waals surface area contributed by atoms with Crippen LogP contribution in [0.5, 0.6) is 0 Å². The largest absolute Gasteiger partial charge is 0.416 e. The van der Waals surface area contributed by atoms with E-state index in [4.69, 9.17) is 9.40 Å². The van der Waals surface area contributed by atoms with Crippen LogP contribution in [-0.2, 0) is 0 Å². The third kappa shape index (κ3) is 4.37. The van der Waals surface area contributed by atoms with E-state index in [1.54, 1.807) is 6.20 Å². The minimum absolute atomic E-state index is 0.453. The van der Waals surface area contributed by atoms with Gasteiger partial charge in [0.05, 0.1) is 27.8 Å². The molecule has 5 aromatic heterocycles. The van der Waals surface area contributed by atoms with Crippen LogP contribution in [0.2, 0.25) is 0 Å². The number of fused-ring (bicyclic) bond motifs is 6. The van der Waals surface area contributed by atoms with Gasteiger partial charge in [0.15, 0.2) is 0 Å². The number of para-hydroxylation sites is 3. The van der Waals surface area contributed by atoms with Crippen LogP contribution in [0, 0.1) is 0 Å². The second-order valence-electron chi connectivity index (χ2n) is 12.0. The Balaban J connectivity index is 1.10. The van der Waals surface area contributed by atoms with Crippen molar-refractivity contribution in [3.8, 4) is 45.7 Å². The van der Waals surface area contributed by atoms with Gasteiger partial charge in [0.1, 0.15) is 5.82 Å². The second kappa shape index (κ2) is 10.9. The summed E-state index contributed by atoms with van der Waals surface area (Å²) in [5, 5.41) is 13.7. The smallest absolute Gasteiger partial charge is 0.248 e. The van der Waals surface area contributed by atoms with Crippen LogP contribution in [-0.4, -0.2) is 29.3 Å². The summed E-state index contributed by atoms with van der Waals surface area (Å²) in [5.74, 6) is 1.74. The standard InChI is InChI=1S/C42H26N6O/c1-2-11-30(12-3-1)47-36-16-6-4-13-31(36)33-21-19-27(24-38(33)47)41-45-46-42(49-41)28-20-22-34-32-14-5-7-17-37(32)48(39(34)25-28)40-18-8-15-35(44-40)29-10-9-23-43-26-29/h1-26H. The summed E-state index contributed by atoms with van der Waals surface area (Å²) in [6, 6.07) is 50.0. The van der Waals surface area contributed by atoms with Crippen LogP contribution in [0.4, 0.5) is 0 Å². The monoisotopic (exact) mass is 630 g/mol. The highest BCUT2D eigenvalue weighted by Gasteiger charge is 2.19. The minimum atomic E-state index is 0.453. The molecule has 0 aliphatic carbocycles. The Kier molecular flexibility index (Phi) is 6.04. The van der Waals surface area contributed by atoms with Crippen LogP contribution >= 0.6 is 0 Å². The quantitative estimate of drug-likeness (QED) is 0.189. The molecule has 0 saturated heterocycles. The van der Waals surface area contributed by atoms with E-state index in [0.717, 1.165) is 66.7 Å². The predicted octanol–water partition coefficient (Wildman–Crippen LogP) is 10.1. The van der Waals surface area contributed by atoms with Crippen molar-refractivity contribution in [1.29, 1.82) is 0 Å². The fourth-order valence-corrected chi connectivity index (χ4v) is 6.99. The molecular weight excluding hydrogens is 605 g/mol. The Morgan fingerprint density at radius 1 is 0.449 bits per heavy atom. The molecule has 49 heavy (non-hydrogen) atoms. The zero-order valence-electron chi connectivity index (χ0n) is 26.1. The predicted molar refractivity (Wildman–Crippen MR) is 195 cm³/mol. The minimum Gasteiger partial charge on any atom is -0.416 e. The highest BCUT2D eigenvalue weighted by atomic mass is 16.4. The zero-order chi connectivity index (χ0) is 32.3. The van der Waals surface area contributed by atoms with Gasteiger partial charge in [0.2, 0.25) is 11.8 Å². The number of rotatable bonds is 5. The summed E-state index contributed by atoms with van der Waals surface area (Å²) in [4.78, 5) is 9.36. The summed E-state index contributed by atoms with van der Waals surface area (Å²) in [6.45, 7) is 0. The Morgan fingerprint density at radius 2 is 1.06 bits per heavy atom. The highest BCUT2D eigenvalue weighted by Crippen LogP contribution is 2.37. The van der Waals surface area contributed by atoms with Gasteiger partial charge in [-0.1, -0.05) is 72.8 Å². The molecule has 0 bridgehead atoms. The molecule has 0 atom stereocenters. The van der Waals surface area contributed by atoms with Crippen molar-refractivity contribution in [3.63, 3.8) is 0 Å². The van der Waals surface area contributed by atoms with Crippen LogP contribution < -0.4 is 0 Å². The normalized spacial score (nSPS) is 11.7. The van der Waals surface area contributed by atoms with Gasteiger partial charge >= 0.3 is 0 Å². The first kappa shape index (κ1) is 27.3. The molecule has 0 aliphatic heterocycles. The Bertz CT molecular complexity index is 2830. The maximum absolute atomic E-state index is 6.41. The molecule has 0 saturated carbocycles. The van der Waals surface area contributed by atoms with Crippen molar-refractivity contribution in [3.05, 3.63) is 158 Å². The van der Waals surface area contributed by atoms with E-state index >= 15 is 0 Å². The molecular formula is C42H26N6O. The Morgan fingerprint density at radius 3 is 1.73 bits per heavy atom. The van der Waals surface area contributed by atoms with Crippen LogP contribution in [0.3, 0.4) is 0 Å². The summed E-state index contributed by atoms with van der Waals surface area (Å²) in [7, 11) is 0. The highest BCUT2D eigenvalue weighted by molar-refractivity contribution is 6.11. The molecule has 10 aromatic rings. The first-order valence-electron chi connectivity index (χ1n) is 16.1. The lowest BCUT2D eigenvalue weighted by Gasteiger charge is -2.09. The molecule has 10 rings (SSSR count). The summed E-state index contributed by atoms with van der Waals surface area (Å²) in [5.41, 5.74) is 8.91. The number of pyridine rings is 2. The number of hydrogen-bond donors (Lipinski definition) is 0. The maximum atomic E-state index is 6.41. The maximum Gasteiger partial charge on any atom is 0.248 e. The third-order valence-corrected chi connectivity index (χ3v) is 9.20. The summed E-state index contributed by atoms with van der Waals surface area (Å²) < 4.78 is 10.9. The van der Waals surface area contributed by atoms with Crippen molar-refractivity contribution < 1.29 is 4.42 Å². The van der Waals surface area contributed by atoms with Gasteiger partial charge in [0, 0.05) is 56.3 Å². The van der Waals surface area contributed by atoms with Crippen molar-refractivity contribution in [1.82, 2.24) is 29.3 Å². The average Bonchev–Trinajstić information content (AvgIpc) is 3.88. The topological polar surface area (TPSA) is 74.6 Å². The lowest BCUT2D eigenvalue weighted by molar-refractivity contribution is 0.584. The van der Waals surface area contributed by atoms with E-state index < -0.39 is 0 Å². The lowest BCUT2D eigenvalue weighted by atomic mass is 10.1. The van der Waals surface area contributed by atoms with Crippen molar-refractivity contribution in [2.45, 2.75) is 0 Å². The Hall–Kier alpha value is -6.86. The van der Waals surface area contributed by atoms with E-state index in [0.29, 0.717) is 11.8 Å². The van der Waals surface area contributed by atoms with Crippen LogP contribution in [0.25, 0.3) is 89.3 Å². The third-order valence-electron chi connectivity index (χ3n) is 9.20. The van der Waals surface area contributed by atoms with Crippen molar-refractivity contribution >= 4 is 43.6 Å². The fraction of sp³-hybridized carbons (Fsp3) is 0. The summed E-state index contributed by atoms with van der Waals surface area (Å²) in [6.07, 6.45) is 3.61. The van der Waals surface area contributed by atoms with E-state index in [9.17, 15) is 0 Å². The van der Waals surface area contributed by atoms with Gasteiger partial charge in [-0.2, -0.15) is 0 Å². The number of nitrogens with zero attached hydrogens (tertiary/aromatic N) is 6. The molecule has 7 heteroatoms. The van der Waals surface area contributed by atoms with Crippen LogP contribution in [0.15, 0.2) is 162 Å². The van der Waals surface area contributed by atoms with E-state index in [1.807, 2.05) is 48.7 Å². The van der Waals surface area contributed by atoms with Gasteiger partial charge in [0.25, 0.3) is 0 Å². The average molecular weight is 631 g/mol. The van der Waals surface area contributed by atoms with Gasteiger partial charge in [-0.05, 0) is 72.8 Å². The first-order valence-corrected chi connectivity index (χ1v) is 16.1. The van der Waals surface area contributed by atoms with Gasteiger partial charge < -0.3 is 8.98 Å². The van der Waals surface area contributed by atoms with E-state index in [1.165, 1.54) is 10.8 Å². The molecule has 0 radical (unpaired) electrons. The zero-order valence-corrected chi connectivity index (χ0v) is 26.1. The molecule has 0 fully saturated rings. The van der Waals surface area contributed by atoms with Gasteiger partial charge in [-0.15, -0.1) is 10.2 Å². The number of aromatic nitrogens is 6. The van der Waals surface area contributed by atoms with E-state index in [-0.39, 0.29) is 0 Å².